The summed E-state index contributed by atoms with van der Waals surface area (Å²) in [5.41, 5.74) is 8.13. The summed E-state index contributed by atoms with van der Waals surface area (Å²) in [4.78, 5) is 8.88. The normalized spacial score (nSPS) is 11.8. The number of rotatable bonds is 2. The molecule has 4 heteroatoms. The largest absolute Gasteiger partial charge is 0.455 e. The van der Waals surface area contributed by atoms with Crippen LogP contribution in [-0.2, 0) is 0 Å². The lowest BCUT2D eigenvalue weighted by Gasteiger charge is -2.08. The maximum Gasteiger partial charge on any atom is 0.143 e. The molecule has 0 amide bonds. The fourth-order valence-corrected chi connectivity index (χ4v) is 4.74. The van der Waals surface area contributed by atoms with Crippen LogP contribution in [0.15, 0.2) is 108 Å². The minimum Gasteiger partial charge on any atom is -0.455 e. The van der Waals surface area contributed by atoms with Gasteiger partial charge in [0.05, 0.1) is 22.7 Å². The Hall–Kier alpha value is -4.44. The van der Waals surface area contributed by atoms with E-state index in [-0.39, 0.29) is 0 Å². The highest BCUT2D eigenvalue weighted by atomic mass is 16.3. The van der Waals surface area contributed by atoms with E-state index in [9.17, 15) is 0 Å². The van der Waals surface area contributed by atoms with Crippen molar-refractivity contribution in [3.63, 3.8) is 0 Å². The monoisotopic (exact) mass is 411 g/mol. The third kappa shape index (κ3) is 2.38. The first-order chi connectivity index (χ1) is 15.9. The van der Waals surface area contributed by atoms with Gasteiger partial charge in [0.2, 0.25) is 0 Å². The van der Waals surface area contributed by atoms with Gasteiger partial charge in [-0.25, -0.2) is 9.97 Å². The predicted octanol–water partition coefficient (Wildman–Crippen LogP) is 7.14. The Bertz CT molecular complexity index is 1780. The molecule has 7 rings (SSSR count). The molecule has 0 aliphatic carbocycles. The van der Waals surface area contributed by atoms with Crippen molar-refractivity contribution < 1.29 is 4.42 Å². The van der Waals surface area contributed by atoms with Gasteiger partial charge in [0.25, 0.3) is 0 Å². The summed E-state index contributed by atoms with van der Waals surface area (Å²) in [6, 6.07) is 31.4. The van der Waals surface area contributed by atoms with Gasteiger partial charge in [-0.05, 0) is 35.9 Å². The number of furan rings is 1. The third-order valence-corrected chi connectivity index (χ3v) is 6.16. The summed E-state index contributed by atoms with van der Waals surface area (Å²) >= 11 is 0. The van der Waals surface area contributed by atoms with Crippen LogP contribution in [0.4, 0.5) is 0 Å². The summed E-state index contributed by atoms with van der Waals surface area (Å²) in [5, 5.41) is 3.37. The predicted molar refractivity (Wildman–Crippen MR) is 129 cm³/mol. The smallest absolute Gasteiger partial charge is 0.143 e. The van der Waals surface area contributed by atoms with Crippen molar-refractivity contribution in [3.8, 4) is 16.8 Å². The van der Waals surface area contributed by atoms with Gasteiger partial charge in [-0.3, -0.25) is 0 Å². The molecule has 0 saturated carbocycles. The SMILES string of the molecule is c1ccc(-n2c3cc(-c4cccc5c4oc4ccccc45)ccc3c3ncncc32)cc1. The van der Waals surface area contributed by atoms with E-state index in [0.717, 1.165) is 60.7 Å². The fourth-order valence-electron chi connectivity index (χ4n) is 4.74. The van der Waals surface area contributed by atoms with Crippen LogP contribution in [0.1, 0.15) is 0 Å². The van der Waals surface area contributed by atoms with E-state index in [1.165, 1.54) is 0 Å². The van der Waals surface area contributed by atoms with Crippen LogP contribution < -0.4 is 0 Å². The van der Waals surface area contributed by atoms with Gasteiger partial charge in [0.1, 0.15) is 17.5 Å². The first kappa shape index (κ1) is 17.3. The molecule has 0 bridgehead atoms. The van der Waals surface area contributed by atoms with Crippen molar-refractivity contribution in [1.82, 2.24) is 14.5 Å². The van der Waals surface area contributed by atoms with Crippen LogP contribution in [0.5, 0.6) is 0 Å². The number of aromatic nitrogens is 3. The number of para-hydroxylation sites is 3. The topological polar surface area (TPSA) is 43.9 Å². The van der Waals surface area contributed by atoms with E-state index in [4.69, 9.17) is 4.42 Å². The molecular weight excluding hydrogens is 394 g/mol. The standard InChI is InChI=1S/C28H17N3O/c1-2-7-19(8-3-1)31-24-15-18(13-14-23(24)27-25(31)16-29-17-30-27)20-10-6-11-22-21-9-4-5-12-26(21)32-28(20)22/h1-17H. The lowest BCUT2D eigenvalue weighted by atomic mass is 10.0. The van der Waals surface area contributed by atoms with Gasteiger partial charge in [-0.2, -0.15) is 0 Å². The molecule has 150 valence electrons. The van der Waals surface area contributed by atoms with Crippen molar-refractivity contribution in [1.29, 1.82) is 0 Å². The number of fused-ring (bicyclic) bond motifs is 6. The highest BCUT2D eigenvalue weighted by molar-refractivity contribution is 6.11. The molecule has 0 fully saturated rings. The second-order valence-corrected chi connectivity index (χ2v) is 7.94. The zero-order valence-electron chi connectivity index (χ0n) is 17.1. The summed E-state index contributed by atoms with van der Waals surface area (Å²) in [7, 11) is 0. The highest BCUT2D eigenvalue weighted by Crippen LogP contribution is 2.38. The zero-order valence-corrected chi connectivity index (χ0v) is 17.1. The van der Waals surface area contributed by atoms with Gasteiger partial charge in [-0.1, -0.05) is 60.7 Å². The lowest BCUT2D eigenvalue weighted by molar-refractivity contribution is 0.670. The van der Waals surface area contributed by atoms with E-state index in [1.807, 2.05) is 24.4 Å². The molecule has 3 heterocycles. The van der Waals surface area contributed by atoms with Gasteiger partial charge >= 0.3 is 0 Å². The van der Waals surface area contributed by atoms with Crippen LogP contribution in [0, 0.1) is 0 Å². The Kier molecular flexibility index (Phi) is 3.52. The van der Waals surface area contributed by atoms with Gasteiger partial charge < -0.3 is 8.98 Å². The van der Waals surface area contributed by atoms with E-state index >= 15 is 0 Å². The molecule has 3 aromatic heterocycles. The molecule has 0 aliphatic rings. The minimum absolute atomic E-state index is 0.907. The van der Waals surface area contributed by atoms with Crippen LogP contribution in [0.2, 0.25) is 0 Å². The average Bonchev–Trinajstić information content (AvgIpc) is 3.40. The van der Waals surface area contributed by atoms with Crippen molar-refractivity contribution >= 4 is 43.9 Å². The summed E-state index contributed by atoms with van der Waals surface area (Å²) in [6.45, 7) is 0. The number of hydrogen-bond acceptors (Lipinski definition) is 3. The number of benzene rings is 4. The van der Waals surface area contributed by atoms with E-state index in [2.05, 4.69) is 87.3 Å². The molecule has 4 aromatic carbocycles. The van der Waals surface area contributed by atoms with Crippen molar-refractivity contribution in [2.24, 2.45) is 0 Å². The maximum absolute atomic E-state index is 6.29. The second kappa shape index (κ2) is 6.53. The molecule has 4 nitrogen and oxygen atoms in total. The van der Waals surface area contributed by atoms with Crippen molar-refractivity contribution in [2.75, 3.05) is 0 Å². The van der Waals surface area contributed by atoms with Crippen LogP contribution in [-0.4, -0.2) is 14.5 Å². The minimum atomic E-state index is 0.907. The summed E-state index contributed by atoms with van der Waals surface area (Å²) in [6.07, 6.45) is 3.50. The van der Waals surface area contributed by atoms with Gasteiger partial charge in [0, 0.05) is 27.4 Å². The second-order valence-electron chi connectivity index (χ2n) is 7.94. The van der Waals surface area contributed by atoms with Crippen molar-refractivity contribution in [3.05, 3.63) is 104 Å². The first-order valence-electron chi connectivity index (χ1n) is 10.6. The third-order valence-electron chi connectivity index (χ3n) is 6.16. The van der Waals surface area contributed by atoms with Gasteiger partial charge in [-0.15, -0.1) is 0 Å². The van der Waals surface area contributed by atoms with Crippen LogP contribution in [0.3, 0.4) is 0 Å². The molecule has 0 spiro atoms. The van der Waals surface area contributed by atoms with E-state index in [0.29, 0.717) is 0 Å². The van der Waals surface area contributed by atoms with Crippen molar-refractivity contribution in [2.45, 2.75) is 0 Å². The quantitative estimate of drug-likeness (QED) is 0.304. The molecule has 0 atom stereocenters. The number of hydrogen-bond donors (Lipinski definition) is 0. The summed E-state index contributed by atoms with van der Waals surface area (Å²) in [5.74, 6) is 0. The molecule has 0 N–H and O–H groups in total. The molecular formula is C28H17N3O. The Morgan fingerprint density at radius 2 is 1.53 bits per heavy atom. The van der Waals surface area contributed by atoms with Crippen LogP contribution >= 0.6 is 0 Å². The van der Waals surface area contributed by atoms with Crippen LogP contribution in [0.25, 0.3) is 60.7 Å². The zero-order chi connectivity index (χ0) is 21.1. The molecule has 0 unspecified atom stereocenters. The average molecular weight is 411 g/mol. The Morgan fingerprint density at radius 1 is 0.688 bits per heavy atom. The first-order valence-corrected chi connectivity index (χ1v) is 10.6. The fraction of sp³-hybridized carbons (Fsp3) is 0. The Balaban J connectivity index is 1.56. The number of nitrogens with zero attached hydrogens (tertiary/aromatic N) is 3. The Labute approximate surface area is 183 Å². The molecule has 0 radical (unpaired) electrons. The molecule has 32 heavy (non-hydrogen) atoms. The van der Waals surface area contributed by atoms with E-state index < -0.39 is 0 Å². The lowest BCUT2D eigenvalue weighted by Crippen LogP contribution is -1.94. The molecule has 0 saturated heterocycles. The van der Waals surface area contributed by atoms with Gasteiger partial charge in [0.15, 0.2) is 0 Å². The highest BCUT2D eigenvalue weighted by Gasteiger charge is 2.16. The summed E-state index contributed by atoms with van der Waals surface area (Å²) < 4.78 is 8.52. The Morgan fingerprint density at radius 3 is 2.47 bits per heavy atom. The van der Waals surface area contributed by atoms with E-state index in [1.54, 1.807) is 6.33 Å². The molecule has 0 aliphatic heterocycles. The molecule has 7 aromatic rings. The maximum atomic E-state index is 6.29.